The first kappa shape index (κ1) is 18.4. The van der Waals surface area contributed by atoms with Gasteiger partial charge in [0.1, 0.15) is 11.4 Å². The molecule has 0 aliphatic heterocycles. The van der Waals surface area contributed by atoms with Crippen LogP contribution in [-0.4, -0.2) is 44.5 Å². The zero-order valence-electron chi connectivity index (χ0n) is 13.9. The van der Waals surface area contributed by atoms with Gasteiger partial charge in [-0.05, 0) is 38.5 Å². The van der Waals surface area contributed by atoms with E-state index < -0.39 is 21.7 Å². The third kappa shape index (κ3) is 3.93. The number of furan rings is 1. The number of sulfonamides is 1. The number of carbonyl (C=O) groups is 1. The van der Waals surface area contributed by atoms with Gasteiger partial charge < -0.3 is 9.73 Å². The van der Waals surface area contributed by atoms with E-state index in [2.05, 4.69) is 5.32 Å². The highest BCUT2D eigenvalue weighted by atomic mass is 32.2. The van der Waals surface area contributed by atoms with Crippen LogP contribution in [-0.2, 0) is 10.0 Å². The molecule has 132 valence electrons. The van der Waals surface area contributed by atoms with E-state index >= 15 is 0 Å². The maximum atomic E-state index is 13.3. The van der Waals surface area contributed by atoms with E-state index in [1.807, 2.05) is 0 Å². The van der Waals surface area contributed by atoms with Gasteiger partial charge in [0, 0.05) is 31.1 Å². The fourth-order valence-corrected chi connectivity index (χ4v) is 3.20. The Morgan fingerprint density at radius 2 is 2.08 bits per heavy atom. The van der Waals surface area contributed by atoms with Crippen molar-refractivity contribution in [3.05, 3.63) is 35.3 Å². The minimum Gasteiger partial charge on any atom is -0.451 e. The molecule has 1 aromatic carbocycles. The molecule has 1 aromatic heterocycles. The van der Waals surface area contributed by atoms with Crippen molar-refractivity contribution in [2.24, 2.45) is 0 Å². The molecular weight excluding hydrogens is 335 g/mol. The maximum Gasteiger partial charge on any atom is 0.287 e. The van der Waals surface area contributed by atoms with Gasteiger partial charge in [-0.3, -0.25) is 4.79 Å². The number of hydrogen-bond acceptors (Lipinski definition) is 4. The van der Waals surface area contributed by atoms with E-state index in [1.54, 1.807) is 13.8 Å². The second kappa shape index (κ2) is 7.31. The second-order valence-electron chi connectivity index (χ2n) is 5.53. The average Bonchev–Trinajstić information content (AvgIpc) is 2.87. The lowest BCUT2D eigenvalue weighted by molar-refractivity contribution is 0.0926. The average molecular weight is 356 g/mol. The van der Waals surface area contributed by atoms with Crippen LogP contribution in [0.1, 0.15) is 29.5 Å². The predicted octanol–water partition coefficient (Wildman–Crippen LogP) is 2.28. The second-order valence-corrected chi connectivity index (χ2v) is 7.89. The summed E-state index contributed by atoms with van der Waals surface area (Å²) in [6.45, 7) is 3.91. The van der Waals surface area contributed by atoms with Gasteiger partial charge in [0.05, 0.1) is 5.75 Å². The van der Waals surface area contributed by atoms with E-state index in [4.69, 9.17) is 4.42 Å². The summed E-state index contributed by atoms with van der Waals surface area (Å²) in [4.78, 5) is 12.2. The fraction of sp³-hybridized carbons (Fsp3) is 0.438. The van der Waals surface area contributed by atoms with Crippen molar-refractivity contribution >= 4 is 26.9 Å². The standard InChI is InChI=1S/C16H21FN2O4S/c1-4-24(21,22)19(3)9-5-8-18-16(20)15-11(2)13-10-12(17)6-7-14(13)23-15/h6-7,10H,4-5,8-9H2,1-3H3,(H,18,20). The van der Waals surface area contributed by atoms with Gasteiger partial charge in [0.15, 0.2) is 5.76 Å². The Kier molecular flexibility index (Phi) is 5.61. The first-order valence-corrected chi connectivity index (χ1v) is 9.28. The molecule has 2 rings (SSSR count). The lowest BCUT2D eigenvalue weighted by Crippen LogP contribution is -2.32. The highest BCUT2D eigenvalue weighted by molar-refractivity contribution is 7.89. The minimum atomic E-state index is -3.21. The topological polar surface area (TPSA) is 79.6 Å². The Balaban J connectivity index is 1.95. The minimum absolute atomic E-state index is 0.0462. The monoisotopic (exact) mass is 356 g/mol. The molecule has 0 atom stereocenters. The van der Waals surface area contributed by atoms with Crippen molar-refractivity contribution in [2.75, 3.05) is 25.9 Å². The van der Waals surface area contributed by atoms with E-state index in [9.17, 15) is 17.6 Å². The van der Waals surface area contributed by atoms with Crippen molar-refractivity contribution in [1.82, 2.24) is 9.62 Å². The van der Waals surface area contributed by atoms with Crippen LogP contribution >= 0.6 is 0 Å². The third-order valence-electron chi connectivity index (χ3n) is 3.88. The van der Waals surface area contributed by atoms with E-state index in [0.29, 0.717) is 36.0 Å². The molecule has 0 aliphatic carbocycles. The first-order valence-electron chi connectivity index (χ1n) is 7.67. The van der Waals surface area contributed by atoms with E-state index in [-0.39, 0.29) is 11.5 Å². The molecule has 8 heteroatoms. The van der Waals surface area contributed by atoms with Crippen LogP contribution in [0.2, 0.25) is 0 Å². The molecule has 0 unspecified atom stereocenters. The third-order valence-corrected chi connectivity index (χ3v) is 5.74. The van der Waals surface area contributed by atoms with Crippen molar-refractivity contribution < 1.29 is 22.0 Å². The summed E-state index contributed by atoms with van der Waals surface area (Å²) >= 11 is 0. The summed E-state index contributed by atoms with van der Waals surface area (Å²) in [6, 6.07) is 4.09. The Bertz CT molecular complexity index is 845. The fourth-order valence-electron chi connectivity index (χ4n) is 2.35. The van der Waals surface area contributed by atoms with Crippen LogP contribution in [0.3, 0.4) is 0 Å². The zero-order chi connectivity index (χ0) is 17.9. The maximum absolute atomic E-state index is 13.3. The van der Waals surface area contributed by atoms with Gasteiger partial charge in [-0.25, -0.2) is 17.1 Å². The van der Waals surface area contributed by atoms with Crippen LogP contribution in [0.25, 0.3) is 11.0 Å². The Morgan fingerprint density at radius 1 is 1.38 bits per heavy atom. The molecule has 2 aromatic rings. The zero-order valence-corrected chi connectivity index (χ0v) is 14.7. The number of aryl methyl sites for hydroxylation is 1. The number of carbonyl (C=O) groups excluding carboxylic acids is 1. The molecule has 24 heavy (non-hydrogen) atoms. The summed E-state index contributed by atoms with van der Waals surface area (Å²) in [5, 5.41) is 3.26. The van der Waals surface area contributed by atoms with Crippen molar-refractivity contribution in [2.45, 2.75) is 20.3 Å². The van der Waals surface area contributed by atoms with E-state index in [0.717, 1.165) is 0 Å². The summed E-state index contributed by atoms with van der Waals surface area (Å²) in [7, 11) is -1.70. The highest BCUT2D eigenvalue weighted by Crippen LogP contribution is 2.25. The molecule has 0 spiro atoms. The molecule has 1 heterocycles. The van der Waals surface area contributed by atoms with Gasteiger partial charge in [-0.2, -0.15) is 0 Å². The molecule has 0 saturated heterocycles. The molecule has 0 saturated carbocycles. The number of rotatable bonds is 7. The largest absolute Gasteiger partial charge is 0.451 e. The molecular formula is C16H21FN2O4S. The number of halogens is 1. The van der Waals surface area contributed by atoms with Crippen molar-refractivity contribution in [1.29, 1.82) is 0 Å². The number of amides is 1. The Hall–Kier alpha value is -1.93. The number of fused-ring (bicyclic) bond motifs is 1. The highest BCUT2D eigenvalue weighted by Gasteiger charge is 2.18. The molecule has 1 N–H and O–H groups in total. The van der Waals surface area contributed by atoms with E-state index in [1.165, 1.54) is 29.6 Å². The van der Waals surface area contributed by atoms with Gasteiger partial charge in [0.25, 0.3) is 5.91 Å². The normalized spacial score (nSPS) is 12.0. The van der Waals surface area contributed by atoms with Crippen LogP contribution < -0.4 is 5.32 Å². The molecule has 0 radical (unpaired) electrons. The molecule has 0 bridgehead atoms. The SMILES string of the molecule is CCS(=O)(=O)N(C)CCCNC(=O)c1oc2ccc(F)cc2c1C. The van der Waals surface area contributed by atoms with Crippen LogP contribution in [0.5, 0.6) is 0 Å². The first-order chi connectivity index (χ1) is 11.3. The number of benzene rings is 1. The van der Waals surface area contributed by atoms with Gasteiger partial charge >= 0.3 is 0 Å². The molecule has 0 aliphatic rings. The number of nitrogens with zero attached hydrogens (tertiary/aromatic N) is 1. The number of nitrogens with one attached hydrogen (secondary N) is 1. The van der Waals surface area contributed by atoms with Crippen molar-refractivity contribution in [3.8, 4) is 0 Å². The van der Waals surface area contributed by atoms with Gasteiger partial charge in [0.2, 0.25) is 10.0 Å². The molecule has 0 fully saturated rings. The lowest BCUT2D eigenvalue weighted by Gasteiger charge is -2.15. The van der Waals surface area contributed by atoms with Crippen LogP contribution in [0, 0.1) is 12.7 Å². The summed E-state index contributed by atoms with van der Waals surface area (Å²) in [5.74, 6) is -0.598. The predicted molar refractivity (Wildman–Crippen MR) is 90.0 cm³/mol. The number of hydrogen-bond donors (Lipinski definition) is 1. The Labute approximate surface area is 140 Å². The van der Waals surface area contributed by atoms with Gasteiger partial charge in [-0.1, -0.05) is 0 Å². The summed E-state index contributed by atoms with van der Waals surface area (Å²) < 4.78 is 43.3. The van der Waals surface area contributed by atoms with Crippen LogP contribution in [0.4, 0.5) is 4.39 Å². The smallest absolute Gasteiger partial charge is 0.287 e. The molecule has 6 nitrogen and oxygen atoms in total. The van der Waals surface area contributed by atoms with Gasteiger partial charge in [-0.15, -0.1) is 0 Å². The quantitative estimate of drug-likeness (QED) is 0.772. The van der Waals surface area contributed by atoms with Crippen LogP contribution in [0.15, 0.2) is 22.6 Å². The van der Waals surface area contributed by atoms with Crippen molar-refractivity contribution in [3.63, 3.8) is 0 Å². The Morgan fingerprint density at radius 3 is 2.75 bits per heavy atom. The molecule has 1 amide bonds. The summed E-state index contributed by atoms with van der Waals surface area (Å²) in [6.07, 6.45) is 0.482. The summed E-state index contributed by atoms with van der Waals surface area (Å²) in [5.41, 5.74) is 1.03. The lowest BCUT2D eigenvalue weighted by atomic mass is 10.1.